The molecule has 2 heterocycles. The summed E-state index contributed by atoms with van der Waals surface area (Å²) in [5.74, 6) is 0.412. The average molecular weight is 360 g/mol. The highest BCUT2D eigenvalue weighted by atomic mass is 35.5. The number of rotatable bonds is 6. The summed E-state index contributed by atoms with van der Waals surface area (Å²) < 4.78 is 12.5. The summed E-state index contributed by atoms with van der Waals surface area (Å²) in [6, 6.07) is 0. The fourth-order valence-electron chi connectivity index (χ4n) is 1.51. The van der Waals surface area contributed by atoms with Crippen LogP contribution in [0.5, 0.6) is 0 Å². The van der Waals surface area contributed by atoms with Crippen molar-refractivity contribution in [3.63, 3.8) is 0 Å². The van der Waals surface area contributed by atoms with E-state index in [0.717, 1.165) is 0 Å². The van der Waals surface area contributed by atoms with E-state index in [9.17, 15) is 4.48 Å². The Balaban J connectivity index is 2.17. The van der Waals surface area contributed by atoms with E-state index in [-0.39, 0.29) is 28.4 Å². The summed E-state index contributed by atoms with van der Waals surface area (Å²) in [6.07, 6.45) is 0. The zero-order valence-corrected chi connectivity index (χ0v) is 13.8. The van der Waals surface area contributed by atoms with E-state index >= 15 is 0 Å². The van der Waals surface area contributed by atoms with Gasteiger partial charge in [-0.25, -0.2) is 0 Å². The molecule has 0 fully saturated rings. The minimum Gasteiger partial charge on any atom is -0.370 e. The molecule has 2 aromatic heterocycles. The van der Waals surface area contributed by atoms with Crippen LogP contribution in [0.4, 0.5) is 28.3 Å². The smallest absolute Gasteiger partial charge is 0.370 e. The first-order chi connectivity index (χ1) is 10.9. The second-order valence-corrected chi connectivity index (χ2v) is 4.81. The molecule has 2 aromatic rings. The Kier molecular flexibility index (Phi) is 5.50. The molecule has 2 N–H and O–H groups in total. The first kappa shape index (κ1) is 17.2. The lowest BCUT2D eigenvalue weighted by atomic mass is 10.1. The second-order valence-electron chi connectivity index (χ2n) is 4.14. The first-order valence-corrected chi connectivity index (χ1v) is 6.86. The van der Waals surface area contributed by atoms with Crippen LogP contribution >= 0.6 is 23.2 Å². The van der Waals surface area contributed by atoms with Gasteiger partial charge < -0.3 is 14.9 Å². The molecule has 1 radical (unpaired) electrons. The van der Waals surface area contributed by atoms with E-state index < -0.39 is 0 Å². The topological polar surface area (TPSA) is 108 Å². The standard InChI is InChI=1S/C9H11BCl2FN10/c1-14-6-15-4(11)17-8(19-6)22(2)10-23(3)9-18-5(12)16-7(20-9)21-13/h1-3H3,(H,14,15,17,19)(H,16,18,20,21). The van der Waals surface area contributed by atoms with Crippen LogP contribution in [0.1, 0.15) is 0 Å². The van der Waals surface area contributed by atoms with Crippen molar-refractivity contribution in [1.29, 1.82) is 0 Å². The van der Waals surface area contributed by atoms with Crippen molar-refractivity contribution < 1.29 is 4.48 Å². The lowest BCUT2D eigenvalue weighted by Crippen LogP contribution is -2.39. The van der Waals surface area contributed by atoms with Crippen molar-refractivity contribution in [3.8, 4) is 0 Å². The highest BCUT2D eigenvalue weighted by molar-refractivity contribution is 6.45. The summed E-state index contributed by atoms with van der Waals surface area (Å²) in [6.45, 7) is 0. The molecule has 23 heavy (non-hydrogen) atoms. The zero-order chi connectivity index (χ0) is 17.0. The van der Waals surface area contributed by atoms with Crippen LogP contribution in [-0.4, -0.2) is 58.6 Å². The van der Waals surface area contributed by atoms with E-state index in [1.54, 1.807) is 33.5 Å². The molecular formula is C9H11BCl2FN10. The maximum atomic E-state index is 12.5. The van der Waals surface area contributed by atoms with E-state index in [2.05, 4.69) is 35.2 Å². The van der Waals surface area contributed by atoms with Gasteiger partial charge in [0, 0.05) is 7.05 Å². The van der Waals surface area contributed by atoms with Gasteiger partial charge in [0.2, 0.25) is 28.4 Å². The van der Waals surface area contributed by atoms with E-state index in [0.29, 0.717) is 5.95 Å². The highest BCUT2D eigenvalue weighted by Gasteiger charge is 2.17. The van der Waals surface area contributed by atoms with Crippen molar-refractivity contribution in [1.82, 2.24) is 29.9 Å². The molecule has 0 bridgehead atoms. The van der Waals surface area contributed by atoms with Crippen molar-refractivity contribution in [2.45, 2.75) is 0 Å². The van der Waals surface area contributed by atoms with Gasteiger partial charge in [0.05, 0.1) is 0 Å². The molecule has 0 aliphatic carbocycles. The highest BCUT2D eigenvalue weighted by Crippen LogP contribution is 2.15. The van der Waals surface area contributed by atoms with Crippen LogP contribution in [0, 0.1) is 0 Å². The predicted molar refractivity (Wildman–Crippen MR) is 86.5 cm³/mol. The van der Waals surface area contributed by atoms with Crippen LogP contribution in [0.3, 0.4) is 0 Å². The summed E-state index contributed by atoms with van der Waals surface area (Å²) >= 11 is 11.5. The quantitative estimate of drug-likeness (QED) is 0.568. The number of nitrogens with one attached hydrogen (secondary N) is 2. The van der Waals surface area contributed by atoms with Gasteiger partial charge in [-0.2, -0.15) is 35.4 Å². The molecule has 0 saturated heterocycles. The third-order valence-corrected chi connectivity index (χ3v) is 2.82. The van der Waals surface area contributed by atoms with Crippen molar-refractivity contribution in [3.05, 3.63) is 10.6 Å². The number of anilines is 4. The van der Waals surface area contributed by atoms with Gasteiger partial charge in [-0.3, -0.25) is 0 Å². The number of aromatic nitrogens is 6. The molecule has 0 spiro atoms. The molecule has 2 rings (SSSR count). The predicted octanol–water partition coefficient (Wildman–Crippen LogP) is 0.808. The monoisotopic (exact) mass is 359 g/mol. The minimum absolute atomic E-state index is 0.0365. The van der Waals surface area contributed by atoms with Crippen LogP contribution in [0.2, 0.25) is 10.6 Å². The third-order valence-electron chi connectivity index (χ3n) is 2.48. The van der Waals surface area contributed by atoms with Gasteiger partial charge in [0.25, 0.3) is 5.95 Å². The summed E-state index contributed by atoms with van der Waals surface area (Å²) in [5.41, 5.74) is 1.31. The molecule has 0 atom stereocenters. The summed E-state index contributed by atoms with van der Waals surface area (Å²) in [7, 11) is 6.52. The largest absolute Gasteiger partial charge is 0.395 e. The SMILES string of the molecule is CNc1nc(Cl)nc(N(C)[B]N(C)c2nc(Cl)nc(NF)n2)n1. The van der Waals surface area contributed by atoms with Gasteiger partial charge in [-0.05, 0) is 37.3 Å². The lowest BCUT2D eigenvalue weighted by molar-refractivity contribution is 0.603. The van der Waals surface area contributed by atoms with Gasteiger partial charge >= 0.3 is 7.55 Å². The molecular weight excluding hydrogens is 349 g/mol. The maximum Gasteiger partial charge on any atom is 0.395 e. The Morgan fingerprint density at radius 1 is 0.870 bits per heavy atom. The van der Waals surface area contributed by atoms with Crippen LogP contribution < -0.4 is 20.5 Å². The molecule has 121 valence electrons. The Bertz CT molecular complexity index is 634. The number of hydrogen-bond acceptors (Lipinski definition) is 10. The maximum absolute atomic E-state index is 12.5. The molecule has 0 unspecified atom stereocenters. The molecule has 0 aliphatic rings. The first-order valence-electron chi connectivity index (χ1n) is 6.11. The van der Waals surface area contributed by atoms with Crippen molar-refractivity contribution in [2.24, 2.45) is 0 Å². The summed E-state index contributed by atoms with van der Waals surface area (Å²) in [5, 5.41) is 2.65. The Morgan fingerprint density at radius 3 is 1.83 bits per heavy atom. The molecule has 0 aromatic carbocycles. The molecule has 0 amide bonds. The minimum atomic E-state index is -0.302. The van der Waals surface area contributed by atoms with E-state index in [4.69, 9.17) is 23.2 Å². The number of hydrogen-bond donors (Lipinski definition) is 2. The van der Waals surface area contributed by atoms with Gasteiger partial charge in [-0.1, -0.05) is 0 Å². The van der Waals surface area contributed by atoms with E-state index in [1.807, 2.05) is 0 Å². The van der Waals surface area contributed by atoms with E-state index in [1.165, 1.54) is 10.3 Å². The molecule has 0 saturated carbocycles. The molecule has 0 aliphatic heterocycles. The second kappa shape index (κ2) is 7.37. The fraction of sp³-hybridized carbons (Fsp3) is 0.333. The molecule has 14 heteroatoms. The van der Waals surface area contributed by atoms with Crippen molar-refractivity contribution >= 4 is 54.5 Å². The third kappa shape index (κ3) is 4.39. The van der Waals surface area contributed by atoms with Crippen LogP contribution in [0.25, 0.3) is 0 Å². The van der Waals surface area contributed by atoms with Crippen LogP contribution in [0.15, 0.2) is 0 Å². The zero-order valence-electron chi connectivity index (χ0n) is 12.3. The number of nitrogens with zero attached hydrogens (tertiary/aromatic N) is 8. The molecule has 10 nitrogen and oxygen atoms in total. The van der Waals surface area contributed by atoms with Gasteiger partial charge in [0.15, 0.2) is 0 Å². The Labute approximate surface area is 141 Å². The normalized spacial score (nSPS) is 10.2. The van der Waals surface area contributed by atoms with Gasteiger partial charge in [0.1, 0.15) is 0 Å². The lowest BCUT2D eigenvalue weighted by Gasteiger charge is -2.22. The summed E-state index contributed by atoms with van der Waals surface area (Å²) in [4.78, 5) is 26.3. The number of halogens is 3. The van der Waals surface area contributed by atoms with Crippen molar-refractivity contribution in [2.75, 3.05) is 41.6 Å². The fourth-order valence-corrected chi connectivity index (χ4v) is 1.82. The Morgan fingerprint density at radius 2 is 1.35 bits per heavy atom. The van der Waals surface area contributed by atoms with Gasteiger partial charge in [-0.15, -0.1) is 4.48 Å². The Hall–Kier alpha value is -2.21. The van der Waals surface area contributed by atoms with Crippen LogP contribution in [-0.2, 0) is 0 Å². The average Bonchev–Trinajstić information content (AvgIpc) is 2.53.